The van der Waals surface area contributed by atoms with Crippen LogP contribution in [0.1, 0.15) is 18.0 Å². The van der Waals surface area contributed by atoms with Crippen molar-refractivity contribution in [2.75, 3.05) is 6.54 Å². The highest BCUT2D eigenvalue weighted by Gasteiger charge is 2.31. The average molecular weight is 323 g/mol. The summed E-state index contributed by atoms with van der Waals surface area (Å²) in [6.45, 7) is 0.399. The van der Waals surface area contributed by atoms with E-state index in [9.17, 15) is 9.18 Å². The number of aliphatic carboxylic acids is 1. The SMILES string of the molecule is O=C(O)C1CNC(c2ccc(Cl)c(F)c2Br)C1. The van der Waals surface area contributed by atoms with Gasteiger partial charge < -0.3 is 10.4 Å². The van der Waals surface area contributed by atoms with Gasteiger partial charge in [-0.15, -0.1) is 0 Å². The highest BCUT2D eigenvalue weighted by atomic mass is 79.9. The van der Waals surface area contributed by atoms with Crippen LogP contribution in [0.2, 0.25) is 5.02 Å². The molecule has 2 atom stereocenters. The normalized spacial score (nSPS) is 23.9. The summed E-state index contributed by atoms with van der Waals surface area (Å²) in [6.07, 6.45) is 0.453. The lowest BCUT2D eigenvalue weighted by Gasteiger charge is -2.13. The zero-order valence-corrected chi connectivity index (χ0v) is 11.1. The molecule has 0 amide bonds. The van der Waals surface area contributed by atoms with Crippen LogP contribution in [-0.2, 0) is 4.79 Å². The third kappa shape index (κ3) is 2.46. The van der Waals surface area contributed by atoms with Gasteiger partial charge in [0.05, 0.1) is 15.4 Å². The average Bonchev–Trinajstić information content (AvgIpc) is 2.75. The molecule has 2 unspecified atom stereocenters. The van der Waals surface area contributed by atoms with Crippen molar-refractivity contribution in [3.8, 4) is 0 Å². The molecular weight excluding hydrogens is 312 g/mol. The molecule has 92 valence electrons. The fraction of sp³-hybridized carbons (Fsp3) is 0.364. The topological polar surface area (TPSA) is 49.3 Å². The Hall–Kier alpha value is -0.650. The van der Waals surface area contributed by atoms with E-state index in [1.54, 1.807) is 6.07 Å². The summed E-state index contributed by atoms with van der Waals surface area (Å²) < 4.78 is 13.9. The Labute approximate surface area is 111 Å². The molecule has 3 nitrogen and oxygen atoms in total. The standard InChI is InChI=1S/C11H10BrClFNO2/c12-9-6(1-2-7(13)10(9)14)8-3-5(4-15-8)11(16)17/h1-2,5,8,15H,3-4H2,(H,16,17). The minimum absolute atomic E-state index is 0.0495. The summed E-state index contributed by atoms with van der Waals surface area (Å²) >= 11 is 8.80. The van der Waals surface area contributed by atoms with Gasteiger partial charge in [-0.25, -0.2) is 4.39 Å². The van der Waals surface area contributed by atoms with Crippen molar-refractivity contribution in [1.29, 1.82) is 0 Å². The number of carboxylic acid groups (broad SMARTS) is 1. The predicted octanol–water partition coefficient (Wildman–Crippen LogP) is 2.98. The van der Waals surface area contributed by atoms with E-state index in [0.29, 0.717) is 23.0 Å². The van der Waals surface area contributed by atoms with Crippen molar-refractivity contribution in [3.05, 3.63) is 33.0 Å². The molecule has 1 aromatic rings. The van der Waals surface area contributed by atoms with E-state index >= 15 is 0 Å². The lowest BCUT2D eigenvalue weighted by atomic mass is 10.0. The molecule has 0 saturated carbocycles. The highest BCUT2D eigenvalue weighted by molar-refractivity contribution is 9.10. The summed E-state index contributed by atoms with van der Waals surface area (Å²) in [5, 5.41) is 12.0. The zero-order chi connectivity index (χ0) is 12.6. The number of halogens is 3. The Morgan fingerprint density at radius 2 is 2.29 bits per heavy atom. The van der Waals surface area contributed by atoms with Crippen molar-refractivity contribution < 1.29 is 14.3 Å². The van der Waals surface area contributed by atoms with Crippen LogP contribution >= 0.6 is 27.5 Å². The summed E-state index contributed by atoms with van der Waals surface area (Å²) in [4.78, 5) is 10.8. The van der Waals surface area contributed by atoms with E-state index in [0.717, 1.165) is 0 Å². The van der Waals surface area contributed by atoms with Crippen LogP contribution < -0.4 is 5.32 Å². The van der Waals surface area contributed by atoms with Gasteiger partial charge in [0.1, 0.15) is 0 Å². The number of hydrogen-bond donors (Lipinski definition) is 2. The highest BCUT2D eigenvalue weighted by Crippen LogP contribution is 2.35. The van der Waals surface area contributed by atoms with E-state index in [1.807, 2.05) is 0 Å². The van der Waals surface area contributed by atoms with Crippen LogP contribution in [0.15, 0.2) is 16.6 Å². The molecule has 0 spiro atoms. The molecule has 0 aliphatic carbocycles. The van der Waals surface area contributed by atoms with Gasteiger partial charge in [-0.05, 0) is 34.0 Å². The summed E-state index contributed by atoms with van der Waals surface area (Å²) in [6, 6.07) is 3.03. The molecular formula is C11H10BrClFNO2. The number of rotatable bonds is 2. The maximum absolute atomic E-state index is 13.6. The Morgan fingerprint density at radius 3 is 2.88 bits per heavy atom. The smallest absolute Gasteiger partial charge is 0.307 e. The van der Waals surface area contributed by atoms with Crippen LogP contribution in [-0.4, -0.2) is 17.6 Å². The number of nitrogens with one attached hydrogen (secondary N) is 1. The maximum atomic E-state index is 13.6. The van der Waals surface area contributed by atoms with Crippen molar-refractivity contribution >= 4 is 33.5 Å². The Balaban J connectivity index is 2.25. The number of carboxylic acids is 1. The molecule has 0 aromatic heterocycles. The molecule has 1 aliphatic heterocycles. The van der Waals surface area contributed by atoms with Crippen molar-refractivity contribution in [3.63, 3.8) is 0 Å². The molecule has 2 N–H and O–H groups in total. The molecule has 1 heterocycles. The summed E-state index contributed by atoms with van der Waals surface area (Å²) in [5.74, 6) is -1.76. The van der Waals surface area contributed by atoms with Crippen molar-refractivity contribution in [2.45, 2.75) is 12.5 Å². The van der Waals surface area contributed by atoms with E-state index < -0.39 is 17.7 Å². The lowest BCUT2D eigenvalue weighted by molar-refractivity contribution is -0.141. The molecule has 1 aliphatic rings. The molecule has 6 heteroatoms. The number of benzene rings is 1. The Morgan fingerprint density at radius 1 is 1.59 bits per heavy atom. The van der Waals surface area contributed by atoms with Gasteiger partial charge in [0.15, 0.2) is 5.82 Å². The van der Waals surface area contributed by atoms with Crippen LogP contribution in [0.25, 0.3) is 0 Å². The maximum Gasteiger partial charge on any atom is 0.307 e. The first-order valence-corrected chi connectivity index (χ1v) is 6.27. The van der Waals surface area contributed by atoms with Crippen molar-refractivity contribution in [2.24, 2.45) is 5.92 Å². The molecule has 0 bridgehead atoms. The zero-order valence-electron chi connectivity index (χ0n) is 8.71. The van der Waals surface area contributed by atoms with Gasteiger partial charge in [0.25, 0.3) is 0 Å². The summed E-state index contributed by atoms with van der Waals surface area (Å²) in [5.41, 5.74) is 0.704. The van der Waals surface area contributed by atoms with E-state index in [1.165, 1.54) is 6.07 Å². The second kappa shape index (κ2) is 4.92. The first kappa shape index (κ1) is 12.8. The minimum atomic E-state index is -0.828. The van der Waals surface area contributed by atoms with Gasteiger partial charge >= 0.3 is 5.97 Å². The van der Waals surface area contributed by atoms with E-state index in [-0.39, 0.29) is 11.1 Å². The summed E-state index contributed by atoms with van der Waals surface area (Å²) in [7, 11) is 0. The second-order valence-corrected chi connectivity index (χ2v) is 5.20. The molecule has 1 aromatic carbocycles. The second-order valence-electron chi connectivity index (χ2n) is 4.00. The van der Waals surface area contributed by atoms with Crippen LogP contribution in [0.4, 0.5) is 4.39 Å². The molecule has 0 radical (unpaired) electrons. The van der Waals surface area contributed by atoms with Gasteiger partial charge in [0.2, 0.25) is 0 Å². The van der Waals surface area contributed by atoms with Gasteiger partial charge in [0, 0.05) is 12.6 Å². The van der Waals surface area contributed by atoms with Gasteiger partial charge in [-0.1, -0.05) is 17.7 Å². The fourth-order valence-electron chi connectivity index (χ4n) is 1.97. The van der Waals surface area contributed by atoms with E-state index in [4.69, 9.17) is 16.7 Å². The van der Waals surface area contributed by atoms with Crippen LogP contribution in [0.5, 0.6) is 0 Å². The van der Waals surface area contributed by atoms with Crippen LogP contribution in [0.3, 0.4) is 0 Å². The molecule has 1 saturated heterocycles. The Bertz CT molecular complexity index is 469. The fourth-order valence-corrected chi connectivity index (χ4v) is 2.86. The quantitative estimate of drug-likeness (QED) is 0.823. The number of carbonyl (C=O) groups is 1. The minimum Gasteiger partial charge on any atom is -0.481 e. The lowest BCUT2D eigenvalue weighted by Crippen LogP contribution is -2.17. The van der Waals surface area contributed by atoms with Crippen LogP contribution in [0, 0.1) is 11.7 Å². The third-order valence-corrected chi connectivity index (χ3v) is 4.02. The third-order valence-electron chi connectivity index (χ3n) is 2.92. The molecule has 2 rings (SSSR count). The first-order valence-electron chi connectivity index (χ1n) is 5.10. The number of hydrogen-bond acceptors (Lipinski definition) is 2. The van der Waals surface area contributed by atoms with Gasteiger partial charge in [-0.3, -0.25) is 4.79 Å². The molecule has 17 heavy (non-hydrogen) atoms. The molecule has 1 fully saturated rings. The first-order chi connectivity index (χ1) is 8.00. The monoisotopic (exact) mass is 321 g/mol. The Kier molecular flexibility index (Phi) is 3.70. The van der Waals surface area contributed by atoms with E-state index in [2.05, 4.69) is 21.2 Å². The largest absolute Gasteiger partial charge is 0.481 e. The van der Waals surface area contributed by atoms with Gasteiger partial charge in [-0.2, -0.15) is 0 Å². The van der Waals surface area contributed by atoms with Crippen molar-refractivity contribution in [1.82, 2.24) is 5.32 Å². The predicted molar refractivity (Wildman–Crippen MR) is 65.6 cm³/mol.